The molecule has 0 spiro atoms. The Morgan fingerprint density at radius 1 is 1.14 bits per heavy atom. The SMILES string of the molecule is [2H]C([2H])([2H])N(C)c1ccc([C@H]2C[C@@]3(C)[C@@H](CC[C@]3(OC(C)=O)C(C)=O)[C@@H]3CCc4cc(O)ccc4[C@H]32)cc1. The van der Waals surface area contributed by atoms with Crippen molar-refractivity contribution in [3.05, 3.63) is 59.2 Å². The van der Waals surface area contributed by atoms with Crippen molar-refractivity contribution in [2.24, 2.45) is 17.3 Å². The number of ketones is 1. The van der Waals surface area contributed by atoms with Gasteiger partial charge in [0.1, 0.15) is 5.75 Å². The second-order valence-corrected chi connectivity index (χ2v) is 11.1. The lowest BCUT2D eigenvalue weighted by molar-refractivity contribution is -0.184. The Hall–Kier alpha value is -2.82. The number of aromatic hydroxyl groups is 1. The van der Waals surface area contributed by atoms with Crippen LogP contribution in [0.1, 0.15) is 79.1 Å². The zero-order valence-corrected chi connectivity index (χ0v) is 21.0. The van der Waals surface area contributed by atoms with Crippen LogP contribution in [0.15, 0.2) is 42.5 Å². The lowest BCUT2D eigenvalue weighted by Crippen LogP contribution is -2.57. The van der Waals surface area contributed by atoms with E-state index in [0.717, 1.165) is 30.4 Å². The minimum absolute atomic E-state index is 0.0318. The normalized spacial score (nSPS) is 34.9. The lowest BCUT2D eigenvalue weighted by Gasteiger charge is -2.56. The van der Waals surface area contributed by atoms with Crippen molar-refractivity contribution in [3.63, 3.8) is 0 Å². The third-order valence-corrected chi connectivity index (χ3v) is 9.43. The molecule has 35 heavy (non-hydrogen) atoms. The Balaban J connectivity index is 1.63. The molecular weight excluding hydrogens is 438 g/mol. The molecule has 0 aliphatic heterocycles. The van der Waals surface area contributed by atoms with E-state index in [2.05, 4.69) is 6.92 Å². The van der Waals surface area contributed by atoms with E-state index in [0.29, 0.717) is 18.5 Å². The van der Waals surface area contributed by atoms with Crippen molar-refractivity contribution in [2.45, 2.75) is 70.3 Å². The number of hydrogen-bond donors (Lipinski definition) is 1. The molecule has 5 heteroatoms. The number of fused-ring (bicyclic) bond motifs is 5. The number of anilines is 1. The molecule has 6 atom stereocenters. The molecule has 186 valence electrons. The van der Waals surface area contributed by atoms with Crippen LogP contribution in [0, 0.1) is 17.3 Å². The molecule has 0 amide bonds. The van der Waals surface area contributed by atoms with Crippen molar-refractivity contribution in [1.29, 1.82) is 0 Å². The van der Waals surface area contributed by atoms with Gasteiger partial charge in [0.15, 0.2) is 11.4 Å². The van der Waals surface area contributed by atoms with E-state index < -0.39 is 24.0 Å². The van der Waals surface area contributed by atoms with Crippen LogP contribution in [0.25, 0.3) is 0 Å². The number of aryl methyl sites for hydroxylation is 1. The Morgan fingerprint density at radius 3 is 2.54 bits per heavy atom. The molecule has 0 aromatic heterocycles. The Labute approximate surface area is 212 Å². The highest BCUT2D eigenvalue weighted by Crippen LogP contribution is 2.68. The van der Waals surface area contributed by atoms with Crippen LogP contribution in [0.4, 0.5) is 5.69 Å². The van der Waals surface area contributed by atoms with E-state index in [1.807, 2.05) is 36.4 Å². The van der Waals surface area contributed by atoms with Gasteiger partial charge in [-0.3, -0.25) is 9.59 Å². The minimum atomic E-state index is -2.24. The van der Waals surface area contributed by atoms with Crippen molar-refractivity contribution in [1.82, 2.24) is 0 Å². The molecule has 2 aromatic carbocycles. The molecular formula is C30H37NO4. The number of carbonyl (C=O) groups is 2. The average molecular weight is 479 g/mol. The number of phenolic OH excluding ortho intramolecular Hbond substituents is 1. The van der Waals surface area contributed by atoms with Crippen LogP contribution in [-0.2, 0) is 20.7 Å². The highest BCUT2D eigenvalue weighted by molar-refractivity contribution is 5.89. The van der Waals surface area contributed by atoms with E-state index in [-0.39, 0.29) is 35.2 Å². The van der Waals surface area contributed by atoms with Gasteiger partial charge in [0.25, 0.3) is 0 Å². The number of hydrogen-bond acceptors (Lipinski definition) is 5. The number of phenols is 1. The maximum absolute atomic E-state index is 13.3. The van der Waals surface area contributed by atoms with Crippen molar-refractivity contribution >= 4 is 17.4 Å². The van der Waals surface area contributed by atoms with Crippen LogP contribution < -0.4 is 4.90 Å². The summed E-state index contributed by atoms with van der Waals surface area (Å²) < 4.78 is 29.2. The summed E-state index contributed by atoms with van der Waals surface area (Å²) in [6.07, 6.45) is 3.82. The van der Waals surface area contributed by atoms with Gasteiger partial charge in [-0.25, -0.2) is 0 Å². The molecule has 0 unspecified atom stereocenters. The molecule has 0 radical (unpaired) electrons. The molecule has 3 aliphatic rings. The number of nitrogens with zero attached hydrogens (tertiary/aromatic N) is 1. The topological polar surface area (TPSA) is 66.8 Å². The van der Waals surface area contributed by atoms with Crippen LogP contribution in [-0.4, -0.2) is 36.5 Å². The van der Waals surface area contributed by atoms with Crippen molar-refractivity contribution < 1.29 is 23.5 Å². The Bertz CT molecular complexity index is 1260. The van der Waals surface area contributed by atoms with Crippen molar-refractivity contribution in [2.75, 3.05) is 18.9 Å². The number of ether oxygens (including phenoxy) is 1. The summed E-state index contributed by atoms with van der Waals surface area (Å²) in [4.78, 5) is 26.8. The Morgan fingerprint density at radius 2 is 1.89 bits per heavy atom. The predicted octanol–water partition coefficient (Wildman–Crippen LogP) is 5.60. The standard InChI is InChI=1S/C30H37NO4/c1-18(32)30(35-19(2)33)15-14-27-25-12-8-21-16-23(34)11-13-24(21)28(25)26(17-29(27,30)3)20-6-9-22(10-7-20)31(4)5/h6-7,9-11,13,16,25-28,34H,8,12,14-15,17H2,1-5H3/t25-,26+,27-,28+,29-,30-/m0/s1/i4D3. The fourth-order valence-corrected chi connectivity index (χ4v) is 8.02. The van der Waals surface area contributed by atoms with E-state index in [1.165, 1.54) is 17.4 Å². The quantitative estimate of drug-likeness (QED) is 0.580. The van der Waals surface area contributed by atoms with Gasteiger partial charge in [0.05, 0.1) is 0 Å². The third-order valence-electron chi connectivity index (χ3n) is 9.43. The first-order chi connectivity index (χ1) is 17.8. The second kappa shape index (κ2) is 8.39. The minimum Gasteiger partial charge on any atom is -0.508 e. The summed E-state index contributed by atoms with van der Waals surface area (Å²) in [5.41, 5.74) is 2.41. The summed E-state index contributed by atoms with van der Waals surface area (Å²) >= 11 is 0. The van der Waals surface area contributed by atoms with Gasteiger partial charge in [-0.2, -0.15) is 0 Å². The molecule has 3 aliphatic carbocycles. The fourth-order valence-electron chi connectivity index (χ4n) is 8.02. The third kappa shape index (κ3) is 3.57. The van der Waals surface area contributed by atoms with Gasteiger partial charge >= 0.3 is 5.97 Å². The van der Waals surface area contributed by atoms with E-state index in [4.69, 9.17) is 8.85 Å². The van der Waals surface area contributed by atoms with E-state index in [9.17, 15) is 14.7 Å². The monoisotopic (exact) mass is 478 g/mol. The molecule has 0 heterocycles. The zero-order valence-electron chi connectivity index (χ0n) is 24.0. The molecule has 5 rings (SSSR count). The highest BCUT2D eigenvalue weighted by atomic mass is 16.6. The predicted molar refractivity (Wildman–Crippen MR) is 137 cm³/mol. The van der Waals surface area contributed by atoms with Crippen LogP contribution in [0.3, 0.4) is 0 Å². The van der Waals surface area contributed by atoms with Crippen molar-refractivity contribution in [3.8, 4) is 5.75 Å². The summed E-state index contributed by atoms with van der Waals surface area (Å²) in [6, 6.07) is 13.4. The maximum atomic E-state index is 13.3. The van der Waals surface area contributed by atoms with Gasteiger partial charge in [-0.15, -0.1) is 0 Å². The molecule has 5 nitrogen and oxygen atoms in total. The summed E-state index contributed by atoms with van der Waals surface area (Å²) in [5, 5.41) is 10.2. The zero-order chi connectivity index (χ0) is 27.6. The number of carbonyl (C=O) groups excluding carboxylic acids is 2. The number of benzene rings is 2. The highest BCUT2D eigenvalue weighted by Gasteiger charge is 2.68. The fraction of sp³-hybridized carbons (Fsp3) is 0.533. The van der Waals surface area contributed by atoms with Gasteiger partial charge in [-0.05, 0) is 104 Å². The smallest absolute Gasteiger partial charge is 0.303 e. The molecule has 2 fully saturated rings. The molecule has 2 aromatic rings. The molecule has 0 saturated heterocycles. The number of Topliss-reactive ketones (excluding diaryl/α,β-unsaturated/α-hetero) is 1. The summed E-state index contributed by atoms with van der Waals surface area (Å²) in [5.74, 6) is 0.469. The molecule has 2 saturated carbocycles. The number of esters is 1. The maximum Gasteiger partial charge on any atom is 0.303 e. The van der Waals surface area contributed by atoms with Crippen LogP contribution in [0.5, 0.6) is 5.75 Å². The first-order valence-electron chi connectivity index (χ1n) is 14.1. The van der Waals surface area contributed by atoms with Gasteiger partial charge in [0, 0.05) is 36.2 Å². The Kier molecular flexibility index (Phi) is 4.89. The van der Waals surface area contributed by atoms with Gasteiger partial charge < -0.3 is 14.7 Å². The van der Waals surface area contributed by atoms with Gasteiger partial charge in [0.2, 0.25) is 0 Å². The van der Waals surface area contributed by atoms with Crippen LogP contribution in [0.2, 0.25) is 0 Å². The van der Waals surface area contributed by atoms with Gasteiger partial charge in [-0.1, -0.05) is 25.1 Å². The summed E-state index contributed by atoms with van der Waals surface area (Å²) in [7, 11) is 1.56. The molecule has 0 bridgehead atoms. The molecule has 1 N–H and O–H groups in total. The largest absolute Gasteiger partial charge is 0.508 e. The average Bonchev–Trinajstić information content (AvgIpc) is 3.14. The first-order valence-corrected chi connectivity index (χ1v) is 12.6. The number of rotatable bonds is 4. The second-order valence-electron chi connectivity index (χ2n) is 11.1. The summed E-state index contributed by atoms with van der Waals surface area (Å²) in [6.45, 7) is 2.84. The van der Waals surface area contributed by atoms with E-state index in [1.54, 1.807) is 20.0 Å². The first kappa shape index (κ1) is 20.4. The lowest BCUT2D eigenvalue weighted by atomic mass is 9.48. The van der Waals surface area contributed by atoms with E-state index >= 15 is 0 Å². The van der Waals surface area contributed by atoms with Crippen LogP contribution >= 0.6 is 0 Å².